The molecule has 10 heavy (non-hydrogen) atoms. The number of nitrogens with one attached hydrogen (secondary N) is 1. The van der Waals surface area contributed by atoms with E-state index in [2.05, 4.69) is 5.43 Å². The normalized spacial score (nSPS) is 12.6. The molecule has 0 unspecified atom stereocenters. The van der Waals surface area contributed by atoms with Crippen molar-refractivity contribution in [3.63, 3.8) is 0 Å². The highest BCUT2D eigenvalue weighted by Crippen LogP contribution is 2.00. The van der Waals surface area contributed by atoms with E-state index in [-0.39, 0.29) is 5.54 Å². The number of nitrogens with zero attached hydrogens (tertiary/aromatic N) is 1. The number of hydrogen-bond acceptors (Lipinski definition) is 3. The van der Waals surface area contributed by atoms with Gasteiger partial charge in [0.05, 0.1) is 0 Å². The standard InChI is InChI=1S/C7H19N3/c1-7(2,8)5-6-9-10(3)4/h9H,5-6,8H2,1-4H3. The molecule has 0 amide bonds. The van der Waals surface area contributed by atoms with E-state index < -0.39 is 0 Å². The molecule has 0 aliphatic heterocycles. The molecule has 0 aromatic carbocycles. The third-order valence-corrected chi connectivity index (χ3v) is 1.20. The first kappa shape index (κ1) is 9.88. The summed E-state index contributed by atoms with van der Waals surface area (Å²) in [6.07, 6.45) is 0.991. The number of hydrazine groups is 1. The fourth-order valence-corrected chi connectivity index (χ4v) is 0.602. The molecule has 0 aromatic heterocycles. The minimum atomic E-state index is -0.0526. The molecule has 0 rings (SSSR count). The van der Waals surface area contributed by atoms with Gasteiger partial charge in [-0.25, -0.2) is 0 Å². The van der Waals surface area contributed by atoms with E-state index in [0.717, 1.165) is 13.0 Å². The van der Waals surface area contributed by atoms with E-state index >= 15 is 0 Å². The lowest BCUT2D eigenvalue weighted by atomic mass is 10.0. The summed E-state index contributed by atoms with van der Waals surface area (Å²) in [5, 5.41) is 1.94. The topological polar surface area (TPSA) is 41.3 Å². The Labute approximate surface area is 63.5 Å². The van der Waals surface area contributed by atoms with Gasteiger partial charge in [0.1, 0.15) is 0 Å². The maximum Gasteiger partial charge on any atom is 0.0119 e. The predicted octanol–water partition coefficient (Wildman–Crippen LogP) is 0.180. The van der Waals surface area contributed by atoms with Crippen LogP contribution < -0.4 is 11.2 Å². The summed E-state index contributed by atoms with van der Waals surface area (Å²) in [6, 6.07) is 0. The Hall–Kier alpha value is -0.120. The second kappa shape index (κ2) is 3.91. The van der Waals surface area contributed by atoms with Gasteiger partial charge in [0.25, 0.3) is 0 Å². The lowest BCUT2D eigenvalue weighted by Crippen LogP contribution is -2.39. The molecular formula is C7H19N3. The van der Waals surface area contributed by atoms with E-state index in [1.54, 1.807) is 0 Å². The first-order valence-corrected chi connectivity index (χ1v) is 3.61. The van der Waals surface area contributed by atoms with Crippen molar-refractivity contribution < 1.29 is 0 Å². The quantitative estimate of drug-likeness (QED) is 0.554. The van der Waals surface area contributed by atoms with Crippen LogP contribution in [0.2, 0.25) is 0 Å². The summed E-state index contributed by atoms with van der Waals surface area (Å²) in [5.41, 5.74) is 8.87. The molecule has 0 aromatic rings. The molecule has 0 heterocycles. The van der Waals surface area contributed by atoms with Gasteiger partial charge in [0.2, 0.25) is 0 Å². The van der Waals surface area contributed by atoms with Gasteiger partial charge in [0.15, 0.2) is 0 Å². The van der Waals surface area contributed by atoms with Gasteiger partial charge in [-0.15, -0.1) is 0 Å². The van der Waals surface area contributed by atoms with Gasteiger partial charge in [-0.3, -0.25) is 10.4 Å². The number of hydrogen-bond donors (Lipinski definition) is 2. The van der Waals surface area contributed by atoms with Crippen LogP contribution in [0.4, 0.5) is 0 Å². The molecule has 0 fully saturated rings. The monoisotopic (exact) mass is 145 g/mol. The van der Waals surface area contributed by atoms with Crippen molar-refractivity contribution in [3.05, 3.63) is 0 Å². The summed E-state index contributed by atoms with van der Waals surface area (Å²) >= 11 is 0. The van der Waals surface area contributed by atoms with E-state index in [1.807, 2.05) is 33.0 Å². The smallest absolute Gasteiger partial charge is 0.0119 e. The van der Waals surface area contributed by atoms with Gasteiger partial charge in [-0.05, 0) is 20.3 Å². The summed E-state index contributed by atoms with van der Waals surface area (Å²) in [5.74, 6) is 0. The highest BCUT2D eigenvalue weighted by Gasteiger charge is 2.08. The Bertz CT molecular complexity index is 83.3. The van der Waals surface area contributed by atoms with Gasteiger partial charge in [-0.2, -0.15) is 0 Å². The van der Waals surface area contributed by atoms with Crippen molar-refractivity contribution >= 4 is 0 Å². The maximum absolute atomic E-state index is 5.76. The molecular weight excluding hydrogens is 126 g/mol. The molecule has 0 saturated carbocycles. The van der Waals surface area contributed by atoms with Crippen LogP contribution in [0.3, 0.4) is 0 Å². The molecule has 0 spiro atoms. The van der Waals surface area contributed by atoms with Crippen molar-refractivity contribution in [1.82, 2.24) is 10.4 Å². The lowest BCUT2D eigenvalue weighted by Gasteiger charge is -2.20. The highest BCUT2D eigenvalue weighted by molar-refractivity contribution is 4.71. The zero-order chi connectivity index (χ0) is 8.20. The molecule has 3 heteroatoms. The summed E-state index contributed by atoms with van der Waals surface area (Å²) < 4.78 is 0. The van der Waals surface area contributed by atoms with Crippen LogP contribution in [-0.2, 0) is 0 Å². The average Bonchev–Trinajstić information content (AvgIpc) is 1.59. The first-order chi connectivity index (χ1) is 4.42. The minimum absolute atomic E-state index is 0.0526. The van der Waals surface area contributed by atoms with Crippen molar-refractivity contribution in [1.29, 1.82) is 0 Å². The molecule has 0 atom stereocenters. The highest BCUT2D eigenvalue weighted by atomic mass is 15.5. The van der Waals surface area contributed by atoms with Crippen molar-refractivity contribution in [2.24, 2.45) is 5.73 Å². The Morgan fingerprint density at radius 3 is 2.20 bits per heavy atom. The molecule has 3 N–H and O–H groups in total. The summed E-state index contributed by atoms with van der Waals surface area (Å²) in [6.45, 7) is 5.01. The Kier molecular flexibility index (Phi) is 3.86. The third-order valence-electron chi connectivity index (χ3n) is 1.20. The number of nitrogens with two attached hydrogens (primary N) is 1. The molecule has 0 radical (unpaired) electrons. The second-order valence-electron chi connectivity index (χ2n) is 3.54. The molecule has 0 aliphatic carbocycles. The van der Waals surface area contributed by atoms with Crippen LogP contribution in [0.5, 0.6) is 0 Å². The van der Waals surface area contributed by atoms with Crippen molar-refractivity contribution in [2.75, 3.05) is 20.6 Å². The van der Waals surface area contributed by atoms with Gasteiger partial charge in [-0.1, -0.05) is 0 Å². The average molecular weight is 145 g/mol. The second-order valence-corrected chi connectivity index (χ2v) is 3.54. The van der Waals surface area contributed by atoms with E-state index in [9.17, 15) is 0 Å². The van der Waals surface area contributed by atoms with Gasteiger partial charge >= 0.3 is 0 Å². The van der Waals surface area contributed by atoms with Crippen molar-refractivity contribution in [2.45, 2.75) is 25.8 Å². The summed E-state index contributed by atoms with van der Waals surface area (Å²) in [4.78, 5) is 0. The van der Waals surface area contributed by atoms with Crippen LogP contribution in [0.15, 0.2) is 0 Å². The molecule has 62 valence electrons. The van der Waals surface area contributed by atoms with Gasteiger partial charge < -0.3 is 5.73 Å². The van der Waals surface area contributed by atoms with Crippen LogP contribution in [0.25, 0.3) is 0 Å². The fraction of sp³-hybridized carbons (Fsp3) is 1.00. The van der Waals surface area contributed by atoms with E-state index in [4.69, 9.17) is 5.73 Å². The SMILES string of the molecule is CN(C)NCCC(C)(C)N. The molecule has 3 nitrogen and oxygen atoms in total. The van der Waals surface area contributed by atoms with Crippen molar-refractivity contribution in [3.8, 4) is 0 Å². The predicted molar refractivity (Wildman–Crippen MR) is 44.6 cm³/mol. The first-order valence-electron chi connectivity index (χ1n) is 3.61. The van der Waals surface area contributed by atoms with Crippen LogP contribution in [-0.4, -0.2) is 31.2 Å². The van der Waals surface area contributed by atoms with E-state index in [0.29, 0.717) is 0 Å². The third kappa shape index (κ3) is 7.88. The van der Waals surface area contributed by atoms with Crippen LogP contribution in [0.1, 0.15) is 20.3 Å². The molecule has 0 aliphatic rings. The molecule has 0 saturated heterocycles. The minimum Gasteiger partial charge on any atom is -0.326 e. The van der Waals surface area contributed by atoms with Crippen LogP contribution in [0, 0.1) is 0 Å². The summed E-state index contributed by atoms with van der Waals surface area (Å²) in [7, 11) is 3.95. The maximum atomic E-state index is 5.76. The Morgan fingerprint density at radius 1 is 1.40 bits per heavy atom. The van der Waals surface area contributed by atoms with Crippen LogP contribution >= 0.6 is 0 Å². The Balaban J connectivity index is 3.21. The lowest BCUT2D eigenvalue weighted by molar-refractivity contribution is 0.273. The zero-order valence-electron chi connectivity index (χ0n) is 7.44. The van der Waals surface area contributed by atoms with E-state index in [1.165, 1.54) is 0 Å². The molecule has 0 bridgehead atoms. The van der Waals surface area contributed by atoms with Gasteiger partial charge in [0, 0.05) is 26.2 Å². The fourth-order valence-electron chi connectivity index (χ4n) is 0.602. The largest absolute Gasteiger partial charge is 0.326 e. The zero-order valence-corrected chi connectivity index (χ0v) is 7.44. The Morgan fingerprint density at radius 2 is 1.90 bits per heavy atom. The number of rotatable bonds is 4.